The van der Waals surface area contributed by atoms with Gasteiger partial charge in [0.2, 0.25) is 0 Å². The van der Waals surface area contributed by atoms with Gasteiger partial charge in [0.25, 0.3) is 0 Å². The Morgan fingerprint density at radius 1 is 1.04 bits per heavy atom. The minimum Gasteiger partial charge on any atom is -0.488 e. The fourth-order valence-electron chi connectivity index (χ4n) is 3.84. The minimum atomic E-state index is 0.462. The van der Waals surface area contributed by atoms with E-state index in [1.807, 2.05) is 42.5 Å². The van der Waals surface area contributed by atoms with Crippen LogP contribution in [0.2, 0.25) is 0 Å². The molecule has 1 aliphatic rings. The molecule has 0 N–H and O–H groups in total. The van der Waals surface area contributed by atoms with Gasteiger partial charge in [-0.05, 0) is 54.9 Å². The fraction of sp³-hybridized carbons (Fsp3) is 0.280. The highest BCUT2D eigenvalue weighted by Gasteiger charge is 2.17. The molecule has 3 nitrogen and oxygen atoms in total. The van der Waals surface area contributed by atoms with Gasteiger partial charge in [-0.2, -0.15) is 5.26 Å². The van der Waals surface area contributed by atoms with Crippen LogP contribution in [0.25, 0.3) is 11.1 Å². The molecule has 140 valence electrons. The molecule has 1 aliphatic carbocycles. The van der Waals surface area contributed by atoms with E-state index in [4.69, 9.17) is 9.72 Å². The number of pyridine rings is 1. The molecular weight excluding hydrogens is 344 g/mol. The zero-order chi connectivity index (χ0) is 19.3. The molecule has 0 bridgehead atoms. The number of fused-ring (bicyclic) bond motifs is 1. The average molecular weight is 368 g/mol. The lowest BCUT2D eigenvalue weighted by Crippen LogP contribution is -2.10. The van der Waals surface area contributed by atoms with Gasteiger partial charge < -0.3 is 4.74 Å². The SMILES string of the molecule is CCc1cc(OCc2ccc(-c3ccccc3)c(C#N)c2)c2c(n1)CCCC2. The van der Waals surface area contributed by atoms with Crippen LogP contribution in [0.4, 0.5) is 0 Å². The molecule has 0 unspecified atom stereocenters. The molecule has 0 atom stereocenters. The van der Waals surface area contributed by atoms with Crippen LogP contribution >= 0.6 is 0 Å². The number of benzene rings is 2. The minimum absolute atomic E-state index is 0.462. The number of hydrogen-bond acceptors (Lipinski definition) is 3. The van der Waals surface area contributed by atoms with Gasteiger partial charge in [-0.1, -0.05) is 49.4 Å². The first-order chi connectivity index (χ1) is 13.8. The molecule has 0 saturated carbocycles. The number of aromatic nitrogens is 1. The summed E-state index contributed by atoms with van der Waals surface area (Å²) in [6.07, 6.45) is 5.40. The zero-order valence-electron chi connectivity index (χ0n) is 16.2. The Hall–Kier alpha value is -3.12. The molecule has 2 aromatic carbocycles. The summed E-state index contributed by atoms with van der Waals surface area (Å²) >= 11 is 0. The predicted molar refractivity (Wildman–Crippen MR) is 111 cm³/mol. The molecule has 0 radical (unpaired) electrons. The maximum atomic E-state index is 9.62. The second-order valence-corrected chi connectivity index (χ2v) is 7.24. The van der Waals surface area contributed by atoms with E-state index in [2.05, 4.69) is 25.1 Å². The van der Waals surface area contributed by atoms with Crippen LogP contribution in [0, 0.1) is 11.3 Å². The fourth-order valence-corrected chi connectivity index (χ4v) is 3.84. The smallest absolute Gasteiger partial charge is 0.126 e. The van der Waals surface area contributed by atoms with Gasteiger partial charge in [0.05, 0.1) is 11.6 Å². The summed E-state index contributed by atoms with van der Waals surface area (Å²) in [5.74, 6) is 0.965. The van der Waals surface area contributed by atoms with Gasteiger partial charge >= 0.3 is 0 Å². The van der Waals surface area contributed by atoms with Crippen molar-refractivity contribution in [3.8, 4) is 22.9 Å². The predicted octanol–water partition coefficient (Wildman–Crippen LogP) is 5.64. The Morgan fingerprint density at radius 2 is 1.86 bits per heavy atom. The Bertz CT molecular complexity index is 1020. The van der Waals surface area contributed by atoms with E-state index in [-0.39, 0.29) is 0 Å². The summed E-state index contributed by atoms with van der Waals surface area (Å²) in [6.45, 7) is 2.59. The molecule has 0 spiro atoms. The molecule has 0 aliphatic heterocycles. The summed E-state index contributed by atoms with van der Waals surface area (Å²) in [5.41, 5.74) is 7.27. The van der Waals surface area contributed by atoms with Gasteiger partial charge in [0.15, 0.2) is 0 Å². The standard InChI is InChI=1S/C25H24N2O/c1-2-21-15-25(23-10-6-7-11-24(23)27-21)28-17-18-12-13-22(20(14-18)16-26)19-8-4-3-5-9-19/h3-5,8-9,12-15H,2,6-7,10-11,17H2,1H3. The van der Waals surface area contributed by atoms with E-state index in [1.165, 1.54) is 24.1 Å². The van der Waals surface area contributed by atoms with E-state index < -0.39 is 0 Å². The molecule has 3 aromatic rings. The van der Waals surface area contributed by atoms with Crippen LogP contribution in [0.5, 0.6) is 5.75 Å². The quantitative estimate of drug-likeness (QED) is 0.585. The molecule has 1 aromatic heterocycles. The number of rotatable bonds is 5. The first-order valence-corrected chi connectivity index (χ1v) is 10.0. The van der Waals surface area contributed by atoms with Crippen molar-refractivity contribution in [2.75, 3.05) is 0 Å². The van der Waals surface area contributed by atoms with E-state index in [1.54, 1.807) is 0 Å². The summed E-state index contributed by atoms with van der Waals surface area (Å²) in [5, 5.41) is 9.62. The maximum absolute atomic E-state index is 9.62. The highest BCUT2D eigenvalue weighted by molar-refractivity contribution is 5.70. The highest BCUT2D eigenvalue weighted by Crippen LogP contribution is 2.31. The molecule has 0 saturated heterocycles. The molecular formula is C25H24N2O. The molecule has 0 fully saturated rings. The molecule has 4 rings (SSSR count). The average Bonchev–Trinajstić information content (AvgIpc) is 2.77. The summed E-state index contributed by atoms with van der Waals surface area (Å²) < 4.78 is 6.23. The Balaban J connectivity index is 1.58. The number of ether oxygens (including phenoxy) is 1. The van der Waals surface area contributed by atoms with Crippen molar-refractivity contribution >= 4 is 0 Å². The topological polar surface area (TPSA) is 45.9 Å². The second kappa shape index (κ2) is 8.27. The molecule has 0 amide bonds. The Labute approximate surface area is 166 Å². The van der Waals surface area contributed by atoms with E-state index in [0.717, 1.165) is 47.4 Å². The summed E-state index contributed by atoms with van der Waals surface area (Å²) in [6, 6.07) is 20.5. The van der Waals surface area contributed by atoms with Crippen molar-refractivity contribution in [3.63, 3.8) is 0 Å². The normalized spacial score (nSPS) is 12.9. The zero-order valence-corrected chi connectivity index (χ0v) is 16.2. The number of nitriles is 1. The third kappa shape index (κ3) is 3.77. The first kappa shape index (κ1) is 18.3. The van der Waals surface area contributed by atoms with Crippen molar-refractivity contribution in [1.82, 2.24) is 4.98 Å². The van der Waals surface area contributed by atoms with Crippen molar-refractivity contribution < 1.29 is 4.74 Å². The van der Waals surface area contributed by atoms with Crippen LogP contribution in [0.1, 0.15) is 47.8 Å². The van der Waals surface area contributed by atoms with Crippen molar-refractivity contribution in [2.24, 2.45) is 0 Å². The van der Waals surface area contributed by atoms with Gasteiger partial charge in [0.1, 0.15) is 12.4 Å². The third-order valence-corrected chi connectivity index (χ3v) is 5.36. The van der Waals surface area contributed by atoms with E-state index in [9.17, 15) is 5.26 Å². The molecule has 1 heterocycles. The number of hydrogen-bond donors (Lipinski definition) is 0. The monoisotopic (exact) mass is 368 g/mol. The lowest BCUT2D eigenvalue weighted by Gasteiger charge is -2.20. The number of nitrogens with zero attached hydrogens (tertiary/aromatic N) is 2. The molecule has 28 heavy (non-hydrogen) atoms. The summed E-state index contributed by atoms with van der Waals surface area (Å²) in [4.78, 5) is 4.80. The second-order valence-electron chi connectivity index (χ2n) is 7.24. The first-order valence-electron chi connectivity index (χ1n) is 10.0. The largest absolute Gasteiger partial charge is 0.488 e. The van der Waals surface area contributed by atoms with Crippen LogP contribution in [-0.2, 0) is 25.9 Å². The van der Waals surface area contributed by atoms with Gasteiger partial charge in [-0.25, -0.2) is 0 Å². The van der Waals surface area contributed by atoms with E-state index in [0.29, 0.717) is 12.2 Å². The van der Waals surface area contributed by atoms with Gasteiger partial charge in [0, 0.05) is 23.0 Å². The van der Waals surface area contributed by atoms with Crippen LogP contribution in [0.3, 0.4) is 0 Å². The highest BCUT2D eigenvalue weighted by atomic mass is 16.5. The lowest BCUT2D eigenvalue weighted by molar-refractivity contribution is 0.300. The Morgan fingerprint density at radius 3 is 2.64 bits per heavy atom. The van der Waals surface area contributed by atoms with Crippen molar-refractivity contribution in [2.45, 2.75) is 45.6 Å². The van der Waals surface area contributed by atoms with Crippen LogP contribution < -0.4 is 4.74 Å². The van der Waals surface area contributed by atoms with Crippen LogP contribution in [-0.4, -0.2) is 4.98 Å². The Kier molecular flexibility index (Phi) is 5.39. The maximum Gasteiger partial charge on any atom is 0.126 e. The third-order valence-electron chi connectivity index (χ3n) is 5.36. The van der Waals surface area contributed by atoms with Crippen molar-refractivity contribution in [3.05, 3.63) is 82.7 Å². The molecule has 3 heteroatoms. The van der Waals surface area contributed by atoms with Gasteiger partial charge in [-0.3, -0.25) is 4.98 Å². The number of aryl methyl sites for hydroxylation is 2. The summed E-state index contributed by atoms with van der Waals surface area (Å²) in [7, 11) is 0. The van der Waals surface area contributed by atoms with Crippen LogP contribution in [0.15, 0.2) is 54.6 Å². The lowest BCUT2D eigenvalue weighted by atomic mass is 9.94. The van der Waals surface area contributed by atoms with Gasteiger partial charge in [-0.15, -0.1) is 0 Å². The van der Waals surface area contributed by atoms with E-state index >= 15 is 0 Å². The van der Waals surface area contributed by atoms with Crippen molar-refractivity contribution in [1.29, 1.82) is 5.26 Å².